The van der Waals surface area contributed by atoms with Gasteiger partial charge in [0.2, 0.25) is 0 Å². The fourth-order valence-electron chi connectivity index (χ4n) is 5.58. The van der Waals surface area contributed by atoms with Crippen molar-refractivity contribution in [2.45, 2.75) is 20.3 Å². The molecule has 0 heterocycles. The Morgan fingerprint density at radius 3 is 1.80 bits per heavy atom. The van der Waals surface area contributed by atoms with Crippen molar-refractivity contribution in [3.63, 3.8) is 0 Å². The average molecular weight is 635 g/mol. The number of benzene rings is 6. The molecule has 0 spiro atoms. The number of rotatable bonds is 0. The molecule has 3 heteroatoms. The second-order valence-electron chi connectivity index (χ2n) is 9.97. The summed E-state index contributed by atoms with van der Waals surface area (Å²) in [4.78, 5) is 0. The maximum absolute atomic E-state index is 3.33. The molecule has 0 radical (unpaired) electrons. The molecule has 0 amide bonds. The van der Waals surface area contributed by atoms with E-state index in [1.807, 2.05) is 0 Å². The van der Waals surface area contributed by atoms with Gasteiger partial charge < -0.3 is 24.8 Å². The Morgan fingerprint density at radius 1 is 0.625 bits per heavy atom. The number of hydrogen-bond acceptors (Lipinski definition) is 0. The third-order valence-corrected chi connectivity index (χ3v) is 7.12. The summed E-state index contributed by atoms with van der Waals surface area (Å²) in [5, 5.41) is 13.5. The summed E-state index contributed by atoms with van der Waals surface area (Å²) in [5.41, 5.74) is 2.69. The van der Waals surface area contributed by atoms with Crippen LogP contribution in [0.5, 0.6) is 0 Å². The number of fused-ring (bicyclic) bond motifs is 11. The first-order chi connectivity index (χ1) is 18.6. The van der Waals surface area contributed by atoms with Gasteiger partial charge >= 0.3 is 41.3 Å². The van der Waals surface area contributed by atoms with Crippen molar-refractivity contribution in [1.29, 1.82) is 0 Å². The molecule has 0 atom stereocenters. The molecule has 0 aliphatic heterocycles. The molecule has 0 saturated carbocycles. The van der Waals surface area contributed by atoms with Gasteiger partial charge in [-0.3, -0.25) is 0 Å². The summed E-state index contributed by atoms with van der Waals surface area (Å²) in [6.45, 7) is 4.25. The van der Waals surface area contributed by atoms with Gasteiger partial charge in [0.15, 0.2) is 0 Å². The summed E-state index contributed by atoms with van der Waals surface area (Å²) in [6.07, 6.45) is 6.48. The third-order valence-electron chi connectivity index (χ3n) is 7.12. The molecule has 0 fully saturated rings. The molecule has 40 heavy (non-hydrogen) atoms. The summed E-state index contributed by atoms with van der Waals surface area (Å²) < 4.78 is 1.51. The van der Waals surface area contributed by atoms with Crippen LogP contribution in [0.2, 0.25) is 0 Å². The average Bonchev–Trinajstić information content (AvgIpc) is 3.63. The van der Waals surface area contributed by atoms with E-state index in [9.17, 15) is 0 Å². The van der Waals surface area contributed by atoms with Crippen molar-refractivity contribution in [1.82, 2.24) is 0 Å². The van der Waals surface area contributed by atoms with Crippen LogP contribution >= 0.6 is 0 Å². The fourth-order valence-corrected chi connectivity index (χ4v) is 5.58. The minimum absolute atomic E-state index is 0. The van der Waals surface area contributed by atoms with Crippen LogP contribution in [0.4, 0.5) is 0 Å². The van der Waals surface area contributed by atoms with Gasteiger partial charge in [-0.2, -0.15) is 35.9 Å². The zero-order valence-corrected chi connectivity index (χ0v) is 26.5. The number of halogens is 2. The molecule has 7 aromatic carbocycles. The predicted molar refractivity (Wildman–Crippen MR) is 163 cm³/mol. The van der Waals surface area contributed by atoms with Gasteiger partial charge in [-0.25, -0.2) is 0 Å². The molecule has 0 aromatic heterocycles. The normalized spacial score (nSPS) is 11.3. The summed E-state index contributed by atoms with van der Waals surface area (Å²) >= 11 is 1.55. The Morgan fingerprint density at radius 2 is 1.12 bits per heavy atom. The van der Waals surface area contributed by atoms with E-state index in [-0.39, 0.29) is 24.8 Å². The van der Waals surface area contributed by atoms with E-state index in [1.165, 1.54) is 68.2 Å². The largest absolute Gasteiger partial charge is 1.00 e. The number of allylic oxidation sites excluding steroid dienone is 1. The molecule has 7 aromatic rings. The van der Waals surface area contributed by atoms with E-state index in [0.29, 0.717) is 0 Å². The van der Waals surface area contributed by atoms with Crippen LogP contribution in [-0.2, 0) is 30.7 Å². The Kier molecular flexibility index (Phi) is 9.86. The van der Waals surface area contributed by atoms with Gasteiger partial charge in [-0.05, 0) is 21.5 Å². The van der Waals surface area contributed by atoms with Crippen LogP contribution < -0.4 is 24.8 Å². The van der Waals surface area contributed by atoms with E-state index in [4.69, 9.17) is 0 Å². The first-order valence-electron chi connectivity index (χ1n) is 13.1. The summed E-state index contributed by atoms with van der Waals surface area (Å²) in [5.74, 6) is 0. The quantitative estimate of drug-likeness (QED) is 0.176. The van der Waals surface area contributed by atoms with Crippen molar-refractivity contribution < 1.29 is 49.0 Å². The molecule has 0 N–H and O–H groups in total. The molecule has 0 unspecified atom stereocenters. The van der Waals surface area contributed by atoms with E-state index >= 15 is 0 Å². The van der Waals surface area contributed by atoms with Crippen LogP contribution in [0.15, 0.2) is 121 Å². The Labute approximate surface area is 263 Å². The molecule has 8 rings (SSSR count). The number of hydrogen-bond donors (Lipinski definition) is 0. The van der Waals surface area contributed by atoms with Crippen LogP contribution in [0.3, 0.4) is 0 Å². The van der Waals surface area contributed by atoms with Gasteiger partial charge in [0.05, 0.1) is 0 Å². The smallest absolute Gasteiger partial charge is 0.0188 e. The molecule has 1 aliphatic rings. The zero-order chi connectivity index (χ0) is 26.1. The zero-order valence-electron chi connectivity index (χ0n) is 22.5. The van der Waals surface area contributed by atoms with Gasteiger partial charge in [-0.1, -0.05) is 113 Å². The standard InChI is InChI=1S/2C17H11.C3H6.2ClH.Zr/c1-3-8-14-12(6-1)13-7-2-4-9-15(13)17-11-5-10-16(14)17;1-2-6-15-12(4-1)8-10-14-11-9-13-5-3-7-16(13)17(14)15;1-3-2;;;/h1-11H;1-4,6,8-11H,7H2;1-2H3;2*1H;/q2*-1;;;;+2/p-2. The fraction of sp³-hybridized carbons (Fsp3) is 0.0811. The van der Waals surface area contributed by atoms with Crippen LogP contribution in [0.25, 0.3) is 53.9 Å². The van der Waals surface area contributed by atoms with Crippen molar-refractivity contribution in [2.75, 3.05) is 0 Å². The molecule has 0 nitrogen and oxygen atoms in total. The second-order valence-corrected chi connectivity index (χ2v) is 12.4. The molecule has 1 aliphatic carbocycles. The van der Waals surface area contributed by atoms with E-state index in [1.54, 1.807) is 24.2 Å². The minimum atomic E-state index is 0. The Balaban J connectivity index is 0.000000157. The van der Waals surface area contributed by atoms with Gasteiger partial charge in [0.1, 0.15) is 0 Å². The molecular weight excluding hydrogens is 607 g/mol. The van der Waals surface area contributed by atoms with Crippen molar-refractivity contribution in [3.05, 3.63) is 139 Å². The first kappa shape index (κ1) is 30.0. The topological polar surface area (TPSA) is 0 Å². The van der Waals surface area contributed by atoms with Crippen LogP contribution in [0, 0.1) is 6.08 Å². The van der Waals surface area contributed by atoms with Gasteiger partial charge in [-0.15, -0.1) is 28.5 Å². The second kappa shape index (κ2) is 13.1. The van der Waals surface area contributed by atoms with E-state index in [0.717, 1.165) is 6.42 Å². The van der Waals surface area contributed by atoms with E-state index in [2.05, 4.69) is 141 Å². The Hall–Kier alpha value is -2.96. The maximum atomic E-state index is 3.33. The first-order valence-corrected chi connectivity index (χ1v) is 14.3. The van der Waals surface area contributed by atoms with Crippen LogP contribution in [0.1, 0.15) is 25.0 Å². The van der Waals surface area contributed by atoms with Crippen molar-refractivity contribution in [3.8, 4) is 0 Å². The molecule has 0 saturated heterocycles. The monoisotopic (exact) mass is 632 g/mol. The van der Waals surface area contributed by atoms with Gasteiger partial charge in [0, 0.05) is 0 Å². The molecule has 0 bridgehead atoms. The van der Waals surface area contributed by atoms with E-state index < -0.39 is 0 Å². The van der Waals surface area contributed by atoms with Crippen molar-refractivity contribution >= 4 is 57.1 Å². The summed E-state index contributed by atoms with van der Waals surface area (Å²) in [6, 6.07) is 41.3. The van der Waals surface area contributed by atoms with Crippen molar-refractivity contribution in [2.24, 2.45) is 0 Å². The SMILES string of the molecule is C[C](C)=[Zr+2].[C-]1=CCc2c1ccc1ccc3ccccc3c21.[Cl-].[Cl-].c1ccc2c(c1)c1ccccc1c1[cH-]ccc21. The third kappa shape index (κ3) is 5.75. The van der Waals surface area contributed by atoms with Gasteiger partial charge in [0.25, 0.3) is 0 Å². The van der Waals surface area contributed by atoms with Crippen LogP contribution in [-0.4, -0.2) is 3.21 Å². The Bertz CT molecular complexity index is 1920. The maximum Gasteiger partial charge on any atom is -0.0188 e. The molecule has 196 valence electrons. The predicted octanol–water partition coefficient (Wildman–Crippen LogP) is 3.88. The molecular formula is C37H28Cl2Zr-2. The minimum Gasteiger partial charge on any atom is -1.00 e. The summed E-state index contributed by atoms with van der Waals surface area (Å²) in [7, 11) is 0.